The van der Waals surface area contributed by atoms with E-state index in [9.17, 15) is 24.3 Å². The summed E-state index contributed by atoms with van der Waals surface area (Å²) in [5, 5.41) is 12.6. The third-order valence-electron chi connectivity index (χ3n) is 6.55. The summed E-state index contributed by atoms with van der Waals surface area (Å²) in [5.74, 6) is -4.39. The number of cyclic esters (lactones) is 2. The predicted molar refractivity (Wildman–Crippen MR) is 125 cm³/mol. The normalized spacial score (nSPS) is 25.2. The molecule has 1 aliphatic carbocycles. The third-order valence-corrected chi connectivity index (χ3v) is 6.55. The molecule has 11 heteroatoms. The SMILES string of the molecule is COc1ccnc(C(=O)NC2COC(=O)[C@H](CC3CCCC3)[C@@H](OC(=O)C(C)C)[C@H](C)OC2=O)c1O. The van der Waals surface area contributed by atoms with E-state index in [0.717, 1.165) is 25.7 Å². The lowest BCUT2D eigenvalue weighted by molar-refractivity contribution is -0.177. The van der Waals surface area contributed by atoms with Crippen LogP contribution < -0.4 is 10.1 Å². The van der Waals surface area contributed by atoms with E-state index in [1.165, 1.54) is 19.4 Å². The summed E-state index contributed by atoms with van der Waals surface area (Å²) in [6.45, 7) is 4.40. The zero-order valence-electron chi connectivity index (χ0n) is 21.0. The van der Waals surface area contributed by atoms with Gasteiger partial charge in [-0.2, -0.15) is 0 Å². The number of rotatable bonds is 7. The first-order valence-electron chi connectivity index (χ1n) is 12.2. The van der Waals surface area contributed by atoms with E-state index in [4.69, 9.17) is 18.9 Å². The number of nitrogens with zero attached hydrogens (tertiary/aromatic N) is 1. The Labute approximate surface area is 209 Å². The molecule has 1 saturated heterocycles. The van der Waals surface area contributed by atoms with Crippen molar-refractivity contribution < 1.29 is 43.2 Å². The van der Waals surface area contributed by atoms with E-state index in [2.05, 4.69) is 10.3 Å². The molecule has 0 aromatic carbocycles. The maximum Gasteiger partial charge on any atom is 0.332 e. The second-order valence-corrected chi connectivity index (χ2v) is 9.56. The van der Waals surface area contributed by atoms with Crippen molar-refractivity contribution in [1.29, 1.82) is 0 Å². The molecule has 11 nitrogen and oxygen atoms in total. The number of nitrogens with one attached hydrogen (secondary N) is 1. The van der Waals surface area contributed by atoms with Crippen LogP contribution in [-0.4, -0.2) is 65.9 Å². The summed E-state index contributed by atoms with van der Waals surface area (Å²) >= 11 is 0. The van der Waals surface area contributed by atoms with Crippen LogP contribution in [0.15, 0.2) is 12.3 Å². The quantitative estimate of drug-likeness (QED) is 0.416. The third kappa shape index (κ3) is 6.44. The molecule has 1 saturated carbocycles. The molecule has 1 unspecified atom stereocenters. The number of amides is 1. The molecular weight excluding hydrogens is 472 g/mol. The van der Waals surface area contributed by atoms with Gasteiger partial charge in [-0.15, -0.1) is 0 Å². The molecule has 36 heavy (non-hydrogen) atoms. The highest BCUT2D eigenvalue weighted by Gasteiger charge is 2.43. The number of carbonyl (C=O) groups excluding carboxylic acids is 4. The molecule has 0 radical (unpaired) electrons. The number of hydrogen-bond donors (Lipinski definition) is 2. The van der Waals surface area contributed by atoms with Gasteiger partial charge in [-0.25, -0.2) is 9.78 Å². The minimum Gasteiger partial charge on any atom is -0.503 e. The Bertz CT molecular complexity index is 974. The van der Waals surface area contributed by atoms with Crippen LogP contribution in [0.1, 0.15) is 63.4 Å². The van der Waals surface area contributed by atoms with Gasteiger partial charge in [0.15, 0.2) is 29.3 Å². The minimum atomic E-state index is -1.37. The molecule has 2 N–H and O–H groups in total. The van der Waals surface area contributed by atoms with E-state index in [1.54, 1.807) is 20.8 Å². The number of aromatic hydroxyl groups is 1. The lowest BCUT2D eigenvalue weighted by Gasteiger charge is -2.31. The summed E-state index contributed by atoms with van der Waals surface area (Å²) < 4.78 is 21.7. The van der Waals surface area contributed by atoms with Gasteiger partial charge in [-0.3, -0.25) is 14.4 Å². The van der Waals surface area contributed by atoms with Crippen molar-refractivity contribution in [1.82, 2.24) is 10.3 Å². The molecule has 2 heterocycles. The van der Waals surface area contributed by atoms with Gasteiger partial charge < -0.3 is 29.4 Å². The molecule has 1 aliphatic heterocycles. The molecule has 2 aliphatic rings. The Morgan fingerprint density at radius 3 is 2.56 bits per heavy atom. The number of hydrogen-bond acceptors (Lipinski definition) is 10. The number of aromatic nitrogens is 1. The standard InChI is InChI=1S/C25H34N2O9/c1-13(2)23(30)36-21-14(3)35-25(32)17(12-34-24(31)16(21)11-15-7-5-6-8-15)27-22(29)19-20(28)18(33-4)9-10-26-19/h9-10,13-17,21,28H,5-8,11-12H2,1-4H3,(H,27,29)/t14-,16+,17?,21-/m0/s1. The summed E-state index contributed by atoms with van der Waals surface area (Å²) in [6, 6.07) is -0.00429. The topological polar surface area (TPSA) is 150 Å². The number of methoxy groups -OCH3 is 1. The van der Waals surface area contributed by atoms with Gasteiger partial charge in [0.2, 0.25) is 0 Å². The van der Waals surface area contributed by atoms with Crippen LogP contribution in [0.2, 0.25) is 0 Å². The largest absolute Gasteiger partial charge is 0.503 e. The lowest BCUT2D eigenvalue weighted by Crippen LogP contribution is -2.47. The van der Waals surface area contributed by atoms with Crippen LogP contribution in [0, 0.1) is 17.8 Å². The Morgan fingerprint density at radius 2 is 1.92 bits per heavy atom. The van der Waals surface area contributed by atoms with E-state index in [1.807, 2.05) is 0 Å². The van der Waals surface area contributed by atoms with E-state index >= 15 is 0 Å². The first kappa shape index (κ1) is 27.2. The lowest BCUT2D eigenvalue weighted by atomic mass is 9.87. The van der Waals surface area contributed by atoms with Gasteiger partial charge in [0.25, 0.3) is 5.91 Å². The molecule has 4 atom stereocenters. The van der Waals surface area contributed by atoms with Gasteiger partial charge >= 0.3 is 17.9 Å². The van der Waals surface area contributed by atoms with Gasteiger partial charge in [0, 0.05) is 12.3 Å². The molecule has 0 bridgehead atoms. The van der Waals surface area contributed by atoms with Crippen molar-refractivity contribution in [3.8, 4) is 11.5 Å². The van der Waals surface area contributed by atoms with Crippen molar-refractivity contribution in [3.05, 3.63) is 18.0 Å². The van der Waals surface area contributed by atoms with Crippen LogP contribution >= 0.6 is 0 Å². The second kappa shape index (κ2) is 12.0. The molecule has 2 fully saturated rings. The average molecular weight is 507 g/mol. The molecule has 1 aromatic heterocycles. The summed E-state index contributed by atoms with van der Waals surface area (Å²) in [7, 11) is 1.32. The van der Waals surface area contributed by atoms with Crippen LogP contribution in [0.5, 0.6) is 11.5 Å². The Morgan fingerprint density at radius 1 is 1.22 bits per heavy atom. The van der Waals surface area contributed by atoms with Crippen molar-refractivity contribution in [3.63, 3.8) is 0 Å². The monoisotopic (exact) mass is 506 g/mol. The van der Waals surface area contributed by atoms with Gasteiger partial charge in [0.05, 0.1) is 18.9 Å². The fourth-order valence-electron chi connectivity index (χ4n) is 4.51. The molecule has 198 valence electrons. The fraction of sp³-hybridized carbons (Fsp3) is 0.640. The molecular formula is C25H34N2O9. The smallest absolute Gasteiger partial charge is 0.332 e. The second-order valence-electron chi connectivity index (χ2n) is 9.56. The molecule has 0 spiro atoms. The maximum atomic E-state index is 13.2. The fourth-order valence-corrected chi connectivity index (χ4v) is 4.51. The van der Waals surface area contributed by atoms with Gasteiger partial charge in [0.1, 0.15) is 12.7 Å². The van der Waals surface area contributed by atoms with Crippen LogP contribution in [-0.2, 0) is 28.6 Å². The summed E-state index contributed by atoms with van der Waals surface area (Å²) in [5.41, 5.74) is -0.371. The highest BCUT2D eigenvalue weighted by atomic mass is 16.6. The van der Waals surface area contributed by atoms with E-state index in [0.29, 0.717) is 6.42 Å². The van der Waals surface area contributed by atoms with E-state index in [-0.39, 0.29) is 17.4 Å². The van der Waals surface area contributed by atoms with Gasteiger partial charge in [-0.05, 0) is 19.3 Å². The first-order chi connectivity index (χ1) is 17.1. The van der Waals surface area contributed by atoms with Crippen molar-refractivity contribution in [2.45, 2.75) is 71.1 Å². The Hall–Kier alpha value is -3.37. The highest BCUT2D eigenvalue weighted by molar-refractivity contribution is 5.98. The molecule has 3 rings (SSSR count). The zero-order chi connectivity index (χ0) is 26.4. The van der Waals surface area contributed by atoms with Crippen molar-refractivity contribution >= 4 is 23.8 Å². The first-order valence-corrected chi connectivity index (χ1v) is 12.2. The van der Waals surface area contributed by atoms with Crippen molar-refractivity contribution in [2.24, 2.45) is 17.8 Å². The zero-order valence-corrected chi connectivity index (χ0v) is 21.0. The van der Waals surface area contributed by atoms with E-state index < -0.39 is 66.3 Å². The highest BCUT2D eigenvalue weighted by Crippen LogP contribution is 2.34. The number of ether oxygens (including phenoxy) is 4. The number of esters is 3. The number of carbonyl (C=O) groups is 4. The predicted octanol–water partition coefficient (Wildman–Crippen LogP) is 2.15. The summed E-state index contributed by atoms with van der Waals surface area (Å²) in [4.78, 5) is 55.2. The average Bonchev–Trinajstić information content (AvgIpc) is 3.36. The van der Waals surface area contributed by atoms with Crippen LogP contribution in [0.25, 0.3) is 0 Å². The number of pyridine rings is 1. The molecule has 1 aromatic rings. The molecule has 1 amide bonds. The Balaban J connectivity index is 1.83. The summed E-state index contributed by atoms with van der Waals surface area (Å²) in [6.07, 6.45) is 3.74. The minimum absolute atomic E-state index is 0.0248. The van der Waals surface area contributed by atoms with Crippen LogP contribution in [0.4, 0.5) is 0 Å². The van der Waals surface area contributed by atoms with Crippen molar-refractivity contribution in [2.75, 3.05) is 13.7 Å². The van der Waals surface area contributed by atoms with Gasteiger partial charge in [-0.1, -0.05) is 39.5 Å². The Kier molecular flexibility index (Phi) is 9.11. The maximum absolute atomic E-state index is 13.2. The van der Waals surface area contributed by atoms with Crippen LogP contribution in [0.3, 0.4) is 0 Å².